The van der Waals surface area contributed by atoms with Gasteiger partial charge in [-0.2, -0.15) is 23.2 Å². The van der Waals surface area contributed by atoms with E-state index < -0.39 is 55.8 Å². The second kappa shape index (κ2) is 7.72. The number of carbonyl (C=O) groups excluding carboxylic acids is 1. The number of nitro benzene ring substituents is 1. The van der Waals surface area contributed by atoms with Crippen molar-refractivity contribution < 1.29 is 41.0 Å². The number of hydrogen-bond donors (Lipinski definition) is 1. The Morgan fingerprint density at radius 1 is 1.14 bits per heavy atom. The molecule has 0 aliphatic heterocycles. The molecule has 0 aromatic heterocycles. The Kier molecular flexibility index (Phi) is 5.90. The molecule has 0 saturated heterocycles. The summed E-state index contributed by atoms with van der Waals surface area (Å²) < 4.78 is 70.3. The average molecular weight is 420 g/mol. The fourth-order valence-electron chi connectivity index (χ4n) is 2.25. The van der Waals surface area contributed by atoms with Crippen molar-refractivity contribution in [3.8, 4) is 11.5 Å². The maximum absolute atomic E-state index is 14.0. The molecule has 1 amide bonds. The lowest BCUT2D eigenvalue weighted by molar-refractivity contribution is -0.852. The van der Waals surface area contributed by atoms with Crippen LogP contribution in [0.3, 0.4) is 0 Å². The zero-order chi connectivity index (χ0) is 22.1. The number of quaternary nitrogens is 1. The molecule has 0 unspecified atom stereocenters. The third-order valence-electron chi connectivity index (χ3n) is 4.01. The van der Waals surface area contributed by atoms with Crippen LogP contribution in [-0.2, 0) is 6.18 Å². The number of carbonyl (C=O) groups is 1. The predicted octanol–water partition coefficient (Wildman–Crippen LogP) is 4.04. The number of hydrogen-bond acceptors (Lipinski definition) is 5. The molecular weight excluding hydrogens is 405 g/mol. The maximum Gasteiger partial charge on any atom is 0.416 e. The molecule has 0 aliphatic carbocycles. The number of nitrogens with one attached hydrogen (secondary N) is 1. The molecule has 2 rings (SSSR count). The topological polar surface area (TPSA) is 81.5 Å². The normalized spacial score (nSPS) is 12.0. The lowest BCUT2D eigenvalue weighted by Gasteiger charge is -2.24. The summed E-state index contributed by atoms with van der Waals surface area (Å²) in [6.45, 7) is 0. The van der Waals surface area contributed by atoms with Crippen molar-refractivity contribution in [1.82, 2.24) is 5.43 Å². The highest BCUT2D eigenvalue weighted by Gasteiger charge is 2.35. The molecule has 7 nitrogen and oxygen atoms in total. The highest BCUT2D eigenvalue weighted by molar-refractivity contribution is 5.93. The van der Waals surface area contributed by atoms with Crippen LogP contribution in [0.15, 0.2) is 30.3 Å². The third kappa shape index (κ3) is 4.66. The summed E-state index contributed by atoms with van der Waals surface area (Å²) in [5.74, 6) is -5.55. The quantitative estimate of drug-likeness (QED) is 0.342. The molecule has 12 heteroatoms. The molecule has 0 radical (unpaired) electrons. The first kappa shape index (κ1) is 22.2. The van der Waals surface area contributed by atoms with Gasteiger partial charge in [0.15, 0.2) is 22.9 Å². The van der Waals surface area contributed by atoms with E-state index in [1.54, 1.807) is 0 Å². The molecular formula is C17H15F5N3O4+. The van der Waals surface area contributed by atoms with Gasteiger partial charge in [-0.05, 0) is 18.2 Å². The van der Waals surface area contributed by atoms with Crippen LogP contribution in [0.2, 0.25) is 0 Å². The number of nitro groups is 1. The molecule has 1 N–H and O–H groups in total. The van der Waals surface area contributed by atoms with Gasteiger partial charge in [0.2, 0.25) is 0 Å². The summed E-state index contributed by atoms with van der Waals surface area (Å²) in [5.41, 5.74) is 0.0459. The first-order chi connectivity index (χ1) is 13.3. The smallest absolute Gasteiger partial charge is 0.416 e. The van der Waals surface area contributed by atoms with Crippen LogP contribution in [0.4, 0.5) is 27.6 Å². The highest BCUT2D eigenvalue weighted by Crippen LogP contribution is 2.36. The van der Waals surface area contributed by atoms with Crippen molar-refractivity contribution in [3.63, 3.8) is 0 Å². The van der Waals surface area contributed by atoms with Gasteiger partial charge >= 0.3 is 12.1 Å². The summed E-state index contributed by atoms with van der Waals surface area (Å²) in [6, 6.07) is 2.84. The molecule has 2 aromatic carbocycles. The molecule has 156 valence electrons. The largest absolute Gasteiger partial charge is 0.451 e. The van der Waals surface area contributed by atoms with Crippen LogP contribution in [0.25, 0.3) is 0 Å². The molecule has 0 fully saturated rings. The van der Waals surface area contributed by atoms with E-state index in [9.17, 15) is 36.9 Å². The van der Waals surface area contributed by atoms with E-state index >= 15 is 0 Å². The summed E-state index contributed by atoms with van der Waals surface area (Å²) in [4.78, 5) is 23.0. The molecule has 0 saturated carbocycles. The van der Waals surface area contributed by atoms with Crippen LogP contribution in [0.5, 0.6) is 11.5 Å². The summed E-state index contributed by atoms with van der Waals surface area (Å²) >= 11 is 0. The fraction of sp³-hybridized carbons (Fsp3) is 0.235. The Labute approximate surface area is 161 Å². The average Bonchev–Trinajstić information content (AvgIpc) is 2.62. The molecule has 29 heavy (non-hydrogen) atoms. The Balaban J connectivity index is 2.52. The lowest BCUT2D eigenvalue weighted by Crippen LogP contribution is -2.54. The van der Waals surface area contributed by atoms with Crippen molar-refractivity contribution in [3.05, 3.63) is 63.2 Å². The van der Waals surface area contributed by atoms with Gasteiger partial charge in [-0.1, -0.05) is 0 Å². The number of ether oxygens (including phenoxy) is 1. The number of amides is 1. The van der Waals surface area contributed by atoms with Gasteiger partial charge in [-0.3, -0.25) is 10.1 Å². The van der Waals surface area contributed by atoms with Gasteiger partial charge in [0.05, 0.1) is 24.6 Å². The van der Waals surface area contributed by atoms with Gasteiger partial charge in [0.25, 0.3) is 5.69 Å². The lowest BCUT2D eigenvalue weighted by atomic mass is 10.1. The maximum atomic E-state index is 14.0. The van der Waals surface area contributed by atoms with Crippen molar-refractivity contribution in [2.24, 2.45) is 0 Å². The van der Waals surface area contributed by atoms with Gasteiger partial charge in [-0.15, -0.1) is 0 Å². The zero-order valence-corrected chi connectivity index (χ0v) is 15.3. The highest BCUT2D eigenvalue weighted by atomic mass is 19.4. The van der Waals surface area contributed by atoms with E-state index in [4.69, 9.17) is 4.74 Å². The number of alkyl halides is 3. The predicted molar refractivity (Wildman–Crippen MR) is 90.0 cm³/mol. The van der Waals surface area contributed by atoms with Crippen LogP contribution >= 0.6 is 0 Å². The minimum Gasteiger partial charge on any atom is -0.451 e. The zero-order valence-electron chi connectivity index (χ0n) is 15.3. The minimum absolute atomic E-state index is 0.0525. The molecule has 0 aliphatic rings. The van der Waals surface area contributed by atoms with E-state index in [1.807, 2.05) is 0 Å². The molecule has 0 bridgehead atoms. The first-order valence-corrected chi connectivity index (χ1v) is 7.88. The Hall–Kier alpha value is -3.12. The third-order valence-corrected chi connectivity index (χ3v) is 4.01. The van der Waals surface area contributed by atoms with E-state index in [2.05, 4.69) is 5.43 Å². The summed E-state index contributed by atoms with van der Waals surface area (Å²) in [6.07, 6.45) is -4.97. The van der Waals surface area contributed by atoms with Crippen molar-refractivity contribution >= 4 is 11.6 Å². The van der Waals surface area contributed by atoms with Gasteiger partial charge < -0.3 is 4.74 Å². The Morgan fingerprint density at radius 2 is 1.69 bits per heavy atom. The van der Waals surface area contributed by atoms with Crippen LogP contribution in [-0.4, -0.2) is 36.6 Å². The van der Waals surface area contributed by atoms with Crippen LogP contribution in [0, 0.1) is 21.7 Å². The van der Waals surface area contributed by atoms with Crippen molar-refractivity contribution in [2.45, 2.75) is 6.18 Å². The van der Waals surface area contributed by atoms with Crippen LogP contribution in [0.1, 0.15) is 15.9 Å². The SMILES string of the molecule is CN[N+](C)(C)C(=O)c1cc(Oc2c(F)cc(C(F)(F)F)cc2F)ccc1[N+](=O)[O-]. The second-order valence-corrected chi connectivity index (χ2v) is 6.29. The van der Waals surface area contributed by atoms with Gasteiger partial charge in [0.1, 0.15) is 5.75 Å². The number of halogens is 5. The number of benzene rings is 2. The monoisotopic (exact) mass is 420 g/mol. The summed E-state index contributed by atoms with van der Waals surface area (Å²) in [7, 11) is 4.22. The Bertz CT molecular complexity index is 953. The first-order valence-electron chi connectivity index (χ1n) is 7.88. The van der Waals surface area contributed by atoms with Crippen molar-refractivity contribution in [2.75, 3.05) is 21.1 Å². The van der Waals surface area contributed by atoms with E-state index in [0.29, 0.717) is 0 Å². The van der Waals surface area contributed by atoms with E-state index in [1.165, 1.54) is 21.1 Å². The molecule has 0 heterocycles. The minimum atomic E-state index is -4.97. The van der Waals surface area contributed by atoms with E-state index in [0.717, 1.165) is 18.2 Å². The molecule has 0 spiro atoms. The van der Waals surface area contributed by atoms with Crippen molar-refractivity contribution in [1.29, 1.82) is 0 Å². The van der Waals surface area contributed by atoms with Crippen LogP contribution < -0.4 is 10.2 Å². The Morgan fingerprint density at radius 3 is 2.14 bits per heavy atom. The fourth-order valence-corrected chi connectivity index (χ4v) is 2.25. The number of nitrogens with zero attached hydrogens (tertiary/aromatic N) is 2. The molecule has 0 atom stereocenters. The van der Waals surface area contributed by atoms with Gasteiger partial charge in [0, 0.05) is 19.2 Å². The standard InChI is InChI=1S/C17H15F5N3O4/c1-23-25(2,3)16(26)11-8-10(4-5-14(11)24(27)28)29-15-12(18)6-9(7-13(15)19)17(20,21)22/h4-8,23H,1-3H3/q+1. The van der Waals surface area contributed by atoms with Gasteiger partial charge in [-0.25, -0.2) is 13.6 Å². The summed E-state index contributed by atoms with van der Waals surface area (Å²) in [5, 5.41) is 11.2. The van der Waals surface area contributed by atoms with E-state index in [-0.39, 0.29) is 17.9 Å². The second-order valence-electron chi connectivity index (χ2n) is 6.29. The molecule has 2 aromatic rings. The number of rotatable bonds is 5.